The summed E-state index contributed by atoms with van der Waals surface area (Å²) in [5.41, 5.74) is 4.89. The van der Waals surface area contributed by atoms with E-state index in [4.69, 9.17) is 18.0 Å². The van der Waals surface area contributed by atoms with Crippen LogP contribution in [-0.4, -0.2) is 21.9 Å². The first-order valence-corrected chi connectivity index (χ1v) is 13.9. The molecule has 4 aromatic carbocycles. The normalized spacial score (nSPS) is 11.5. The summed E-state index contributed by atoms with van der Waals surface area (Å²) >= 11 is 5.22. The number of pyridine rings is 1. The summed E-state index contributed by atoms with van der Waals surface area (Å²) in [6.07, 6.45) is -3.25. The Morgan fingerprint density at radius 1 is 0.844 bits per heavy atom. The molecule has 5 aromatic rings. The molecule has 1 atom stereocenters. The molecule has 0 fully saturated rings. The fourth-order valence-electron chi connectivity index (χ4n) is 4.16. The van der Waals surface area contributed by atoms with E-state index in [1.165, 1.54) is 30.5 Å². The van der Waals surface area contributed by atoms with Crippen LogP contribution in [-0.2, 0) is 6.18 Å². The van der Waals surface area contributed by atoms with E-state index in [2.05, 4.69) is 20.9 Å². The van der Waals surface area contributed by atoms with E-state index in [9.17, 15) is 27.2 Å². The third kappa shape index (κ3) is 9.07. The van der Waals surface area contributed by atoms with Crippen molar-refractivity contribution in [1.82, 2.24) is 10.3 Å². The third-order valence-electron chi connectivity index (χ3n) is 6.47. The summed E-state index contributed by atoms with van der Waals surface area (Å²) in [5.74, 6) is -1.53. The van der Waals surface area contributed by atoms with E-state index in [1.54, 1.807) is 55.5 Å². The number of hydrogen-bond donors (Lipinski definition) is 4. The summed E-state index contributed by atoms with van der Waals surface area (Å²) in [7, 11) is 0. The average Bonchev–Trinajstić information content (AvgIpc) is 3.02. The molecule has 0 saturated heterocycles. The lowest BCUT2D eigenvalue weighted by atomic mass is 10.1. The molecule has 0 aliphatic carbocycles. The van der Waals surface area contributed by atoms with Crippen LogP contribution in [0.5, 0.6) is 0 Å². The van der Waals surface area contributed by atoms with Gasteiger partial charge in [-0.1, -0.05) is 54.6 Å². The van der Waals surface area contributed by atoms with Crippen LogP contribution >= 0.6 is 12.2 Å². The van der Waals surface area contributed by atoms with E-state index < -0.39 is 23.3 Å². The zero-order valence-electron chi connectivity index (χ0n) is 23.7. The molecule has 0 bridgehead atoms. The minimum absolute atomic E-state index is 0.0100. The van der Waals surface area contributed by atoms with Gasteiger partial charge in [0.2, 0.25) is 5.91 Å². The maximum Gasteiger partial charge on any atom is 0.418 e. The van der Waals surface area contributed by atoms with Gasteiger partial charge in [-0.25, -0.2) is 4.39 Å². The molecule has 0 aliphatic heterocycles. The van der Waals surface area contributed by atoms with Crippen molar-refractivity contribution in [3.8, 4) is 0 Å². The Kier molecular flexibility index (Phi) is 10.4. The van der Waals surface area contributed by atoms with Crippen molar-refractivity contribution in [2.75, 3.05) is 10.6 Å². The number of nitrogens with zero attached hydrogens (tertiary/aromatic N) is 1. The number of anilines is 2. The zero-order chi connectivity index (χ0) is 32.6. The number of benzene rings is 4. The molecule has 1 unspecified atom stereocenters. The van der Waals surface area contributed by atoms with Gasteiger partial charge in [-0.05, 0) is 78.6 Å². The van der Waals surface area contributed by atoms with Crippen molar-refractivity contribution < 1.29 is 27.2 Å². The summed E-state index contributed by atoms with van der Waals surface area (Å²) in [6, 6.07) is 26.3. The lowest BCUT2D eigenvalue weighted by molar-refractivity contribution is -0.136. The number of amides is 2. The topological polar surface area (TPSA) is 109 Å². The highest BCUT2D eigenvalue weighted by atomic mass is 32.1. The van der Waals surface area contributed by atoms with Crippen LogP contribution in [0.15, 0.2) is 109 Å². The van der Waals surface area contributed by atoms with Gasteiger partial charge in [-0.3, -0.25) is 14.6 Å². The van der Waals surface area contributed by atoms with Gasteiger partial charge in [-0.2, -0.15) is 13.2 Å². The summed E-state index contributed by atoms with van der Waals surface area (Å²) in [6.45, 7) is 1.78. The number of fused-ring (bicyclic) bond motifs is 1. The molecule has 0 saturated carbocycles. The highest BCUT2D eigenvalue weighted by Gasteiger charge is 2.34. The van der Waals surface area contributed by atoms with Gasteiger partial charge in [0.05, 0.1) is 17.3 Å². The van der Waals surface area contributed by atoms with Crippen molar-refractivity contribution in [1.29, 1.82) is 0 Å². The van der Waals surface area contributed by atoms with Gasteiger partial charge in [0, 0.05) is 22.8 Å². The molecule has 1 aromatic heterocycles. The molecule has 2 amide bonds. The van der Waals surface area contributed by atoms with Crippen molar-refractivity contribution >= 4 is 51.3 Å². The molecule has 5 rings (SSSR count). The fraction of sp³-hybridized carbons (Fsp3) is 0.0909. The van der Waals surface area contributed by atoms with Crippen molar-refractivity contribution in [3.63, 3.8) is 0 Å². The van der Waals surface area contributed by atoms with Gasteiger partial charge in [0.15, 0.2) is 5.11 Å². The Labute approximate surface area is 261 Å². The predicted octanol–water partition coefficient (Wildman–Crippen LogP) is 7.48. The van der Waals surface area contributed by atoms with Gasteiger partial charge < -0.3 is 21.7 Å². The first-order chi connectivity index (χ1) is 21.4. The van der Waals surface area contributed by atoms with Crippen LogP contribution < -0.4 is 21.7 Å². The van der Waals surface area contributed by atoms with Gasteiger partial charge in [0.1, 0.15) is 11.5 Å². The quantitative estimate of drug-likeness (QED) is 0.114. The first kappa shape index (κ1) is 32.6. The van der Waals surface area contributed by atoms with E-state index >= 15 is 0 Å². The van der Waals surface area contributed by atoms with E-state index in [0.29, 0.717) is 5.56 Å². The number of rotatable bonds is 6. The zero-order valence-corrected chi connectivity index (χ0v) is 24.5. The Balaban J connectivity index is 0.000000440. The second-order valence-corrected chi connectivity index (χ2v) is 10.1. The number of hydrogen-bond acceptors (Lipinski definition) is 4. The maximum atomic E-state index is 13.8. The maximum absolute atomic E-state index is 13.8. The Morgan fingerprint density at radius 3 is 2.11 bits per heavy atom. The number of primary amides is 1. The highest BCUT2D eigenvalue weighted by molar-refractivity contribution is 7.80. The molecular formula is C33H27F4N5O2S. The molecule has 1 heterocycles. The monoisotopic (exact) mass is 633 g/mol. The second kappa shape index (κ2) is 14.4. The lowest BCUT2D eigenvalue weighted by Gasteiger charge is -2.19. The van der Waals surface area contributed by atoms with Crippen LogP contribution in [0.2, 0.25) is 0 Å². The molecule has 12 heteroatoms. The first-order valence-electron chi connectivity index (χ1n) is 13.5. The number of aromatic nitrogens is 1. The van der Waals surface area contributed by atoms with E-state index in [-0.39, 0.29) is 34.3 Å². The Morgan fingerprint density at radius 2 is 1.49 bits per heavy atom. The minimum atomic E-state index is -4.74. The number of alkyl halides is 3. The number of carbonyl (C=O) groups is 2. The van der Waals surface area contributed by atoms with Gasteiger partial charge in [-0.15, -0.1) is 0 Å². The van der Waals surface area contributed by atoms with E-state index in [0.717, 1.165) is 28.5 Å². The summed E-state index contributed by atoms with van der Waals surface area (Å²) in [4.78, 5) is 27.1. The van der Waals surface area contributed by atoms with Crippen LogP contribution in [0.1, 0.15) is 44.9 Å². The van der Waals surface area contributed by atoms with Gasteiger partial charge >= 0.3 is 6.18 Å². The van der Waals surface area contributed by atoms with Crippen molar-refractivity contribution in [2.45, 2.75) is 19.1 Å². The van der Waals surface area contributed by atoms with Crippen LogP contribution in [0.25, 0.3) is 10.8 Å². The Hall–Kier alpha value is -5.36. The molecule has 0 radical (unpaired) electrons. The molecule has 45 heavy (non-hydrogen) atoms. The Bertz CT molecular complexity index is 1820. The lowest BCUT2D eigenvalue weighted by Crippen LogP contribution is -2.31. The molecule has 5 N–H and O–H groups in total. The summed E-state index contributed by atoms with van der Waals surface area (Å²) in [5, 5.41) is 9.60. The van der Waals surface area contributed by atoms with Crippen molar-refractivity contribution in [2.24, 2.45) is 5.73 Å². The minimum Gasteiger partial charge on any atom is -0.366 e. The molecule has 0 spiro atoms. The van der Waals surface area contributed by atoms with Gasteiger partial charge in [0.25, 0.3) is 5.91 Å². The third-order valence-corrected chi connectivity index (χ3v) is 6.69. The molecule has 7 nitrogen and oxygen atoms in total. The standard InChI is InChI=1S/C26H20F4N4OS.C7H7NO/c1-15(16-6-8-19(27)9-7-16)32-25(36)33-20-10-11-22(21(13-20)26(28,29)30)34-24(35)23-12-17-4-2-3-5-18(17)14-31-23;8-7(9)6-4-2-1-3-5-6/h2-15H,1H3,(H,34,35)(H2,32,33,36);1-5H,(H2,8,9). The number of nitrogens with one attached hydrogen (secondary N) is 3. The smallest absolute Gasteiger partial charge is 0.366 e. The predicted molar refractivity (Wildman–Crippen MR) is 170 cm³/mol. The van der Waals surface area contributed by atoms with E-state index in [1.807, 2.05) is 18.2 Å². The number of thiocarbonyl (C=S) groups is 1. The number of halogens is 4. The summed E-state index contributed by atoms with van der Waals surface area (Å²) < 4.78 is 54.6. The fourth-order valence-corrected chi connectivity index (χ4v) is 4.46. The second-order valence-electron chi connectivity index (χ2n) is 9.73. The number of nitrogens with two attached hydrogens (primary N) is 1. The molecular weight excluding hydrogens is 606 g/mol. The molecule has 0 aliphatic rings. The molecule has 230 valence electrons. The average molecular weight is 634 g/mol. The number of carbonyl (C=O) groups excluding carboxylic acids is 2. The van der Waals surface area contributed by atoms with Crippen molar-refractivity contribution in [3.05, 3.63) is 138 Å². The SMILES string of the molecule is CC(NC(=S)Nc1ccc(NC(=O)c2cc3ccccc3cn2)c(C(F)(F)F)c1)c1ccc(F)cc1.NC(=O)c1ccccc1. The van der Waals surface area contributed by atoms with Crippen LogP contribution in [0.3, 0.4) is 0 Å². The van der Waals surface area contributed by atoms with Crippen LogP contribution in [0.4, 0.5) is 28.9 Å². The largest absolute Gasteiger partial charge is 0.418 e. The van der Waals surface area contributed by atoms with Crippen LogP contribution in [0, 0.1) is 5.82 Å². The highest BCUT2D eigenvalue weighted by Crippen LogP contribution is 2.37.